The maximum atomic E-state index is 14.5. The second-order valence-corrected chi connectivity index (χ2v) is 15.0. The molecule has 1 aromatic heterocycles. The molecule has 0 aliphatic heterocycles. The lowest BCUT2D eigenvalue weighted by atomic mass is 9.64. The van der Waals surface area contributed by atoms with Crippen LogP contribution < -0.4 is 0 Å². The minimum atomic E-state index is -4.60. The molecular formula is C41H49ClF3NO7. The fourth-order valence-corrected chi connectivity index (χ4v) is 8.20. The Labute approximate surface area is 313 Å². The topological polar surface area (TPSA) is 109 Å². The van der Waals surface area contributed by atoms with E-state index in [1.54, 1.807) is 25.0 Å². The van der Waals surface area contributed by atoms with Gasteiger partial charge in [0.05, 0.1) is 35.4 Å². The number of ketones is 1. The first-order valence-corrected chi connectivity index (χ1v) is 18.6. The number of allylic oxidation sites excluding steroid dienone is 2. The molecule has 3 aliphatic rings. The number of amides is 1. The van der Waals surface area contributed by atoms with Crippen LogP contribution in [0.3, 0.4) is 0 Å². The van der Waals surface area contributed by atoms with E-state index in [0.717, 1.165) is 29.3 Å². The number of carbonyl (C=O) groups is 2. The summed E-state index contributed by atoms with van der Waals surface area (Å²) in [5.74, 6) is -0.903. The minimum absolute atomic E-state index is 0.000489. The number of carbonyl (C=O) groups excluding carboxylic acids is 2. The number of benzene rings is 2. The van der Waals surface area contributed by atoms with Crippen LogP contribution in [0, 0.1) is 5.41 Å². The van der Waals surface area contributed by atoms with E-state index < -0.39 is 40.7 Å². The van der Waals surface area contributed by atoms with Gasteiger partial charge in [-0.05, 0) is 119 Å². The molecule has 53 heavy (non-hydrogen) atoms. The molecule has 0 unspecified atom stereocenters. The van der Waals surface area contributed by atoms with Gasteiger partial charge in [0.15, 0.2) is 5.76 Å². The largest absolute Gasteiger partial charge is 0.453 e. The highest BCUT2D eigenvalue weighted by atomic mass is 35.5. The number of hydrogen-bond acceptors (Lipinski definition) is 7. The predicted octanol–water partition coefficient (Wildman–Crippen LogP) is 9.38. The fraction of sp³-hybridized carbons (Fsp3) is 0.512. The van der Waals surface area contributed by atoms with Gasteiger partial charge in [-0.25, -0.2) is 4.79 Å². The molecule has 12 heteroatoms. The molecular weight excluding hydrogens is 711 g/mol. The van der Waals surface area contributed by atoms with E-state index in [1.165, 1.54) is 12.1 Å². The van der Waals surface area contributed by atoms with Crippen molar-refractivity contribution in [3.8, 4) is 11.3 Å². The number of fused-ring (bicyclic) bond motifs is 8. The Hall–Kier alpha value is -3.64. The molecule has 288 valence electrons. The summed E-state index contributed by atoms with van der Waals surface area (Å²) in [5, 5.41) is 23.7. The quantitative estimate of drug-likeness (QED) is 0.120. The summed E-state index contributed by atoms with van der Waals surface area (Å²) >= 11 is 6.30. The molecule has 1 amide bonds. The van der Waals surface area contributed by atoms with Gasteiger partial charge in [0.2, 0.25) is 5.78 Å². The average Bonchev–Trinajstić information content (AvgIpc) is 3.69. The molecule has 6 rings (SSSR count). The summed E-state index contributed by atoms with van der Waals surface area (Å²) in [6, 6.07) is 11.3. The third-order valence-corrected chi connectivity index (χ3v) is 11.4. The molecule has 0 saturated heterocycles. The van der Waals surface area contributed by atoms with Gasteiger partial charge in [-0.3, -0.25) is 4.79 Å². The first-order chi connectivity index (χ1) is 25.1. The minimum Gasteiger partial charge on any atom is -0.453 e. The number of rotatable bonds is 10. The Morgan fingerprint density at radius 1 is 1.09 bits per heavy atom. The monoisotopic (exact) mass is 759 g/mol. The van der Waals surface area contributed by atoms with E-state index in [4.69, 9.17) is 25.5 Å². The van der Waals surface area contributed by atoms with Crippen LogP contribution in [0.25, 0.3) is 11.3 Å². The fourth-order valence-electron chi connectivity index (χ4n) is 7.99. The van der Waals surface area contributed by atoms with Gasteiger partial charge in [0.25, 0.3) is 0 Å². The number of hydrogen-bond donors (Lipinski definition) is 2. The number of furan rings is 1. The van der Waals surface area contributed by atoms with Crippen LogP contribution >= 0.6 is 11.6 Å². The molecule has 1 saturated carbocycles. The van der Waals surface area contributed by atoms with Crippen molar-refractivity contribution in [2.75, 3.05) is 33.4 Å². The standard InChI is InChI=1S/C41H49ClF3NO7/c1-5-52-38(49)46(20-7-21-51-4)25-40(50)19-17-33-30-13-10-27(22-29(47)12-9-26(2)8-6-18-39(33,40)3)23-31(30)37(48)36-16-15-35(53-36)32-24-28(41(43,44)45)11-14-34(32)42/h8,10-11,13-16,23-24,29,33,47,50H,5-7,9,12,17-22,25H2,1-4H3/t29-,33-,39-,40+/m0/s1. The average molecular weight is 760 g/mol. The number of methoxy groups -OCH3 is 1. The highest BCUT2D eigenvalue weighted by molar-refractivity contribution is 6.33. The summed E-state index contributed by atoms with van der Waals surface area (Å²) < 4.78 is 57.2. The molecule has 0 radical (unpaired) electrons. The van der Waals surface area contributed by atoms with Crippen molar-refractivity contribution < 1.29 is 46.9 Å². The summed E-state index contributed by atoms with van der Waals surface area (Å²) in [6.07, 6.45) is 0.444. The van der Waals surface area contributed by atoms with Gasteiger partial charge in [0.1, 0.15) is 5.76 Å². The van der Waals surface area contributed by atoms with Crippen LogP contribution in [-0.4, -0.2) is 72.1 Å². The van der Waals surface area contributed by atoms with Crippen LogP contribution in [0.4, 0.5) is 18.0 Å². The zero-order valence-electron chi connectivity index (χ0n) is 30.7. The van der Waals surface area contributed by atoms with Gasteiger partial charge in [-0.15, -0.1) is 0 Å². The van der Waals surface area contributed by atoms with Crippen LogP contribution in [0.15, 0.2) is 64.6 Å². The van der Waals surface area contributed by atoms with Crippen molar-refractivity contribution in [2.45, 2.75) is 95.9 Å². The third kappa shape index (κ3) is 9.02. The molecule has 8 nitrogen and oxygen atoms in total. The zero-order chi connectivity index (χ0) is 38.6. The van der Waals surface area contributed by atoms with Crippen LogP contribution in [-0.2, 0) is 22.1 Å². The van der Waals surface area contributed by atoms with Crippen molar-refractivity contribution in [1.29, 1.82) is 0 Å². The molecule has 1 fully saturated rings. The highest BCUT2D eigenvalue weighted by Crippen LogP contribution is 2.59. The van der Waals surface area contributed by atoms with Gasteiger partial charge >= 0.3 is 12.3 Å². The number of nitrogens with zero attached hydrogens (tertiary/aromatic N) is 1. The number of aliphatic hydroxyl groups excluding tert-OH is 1. The highest BCUT2D eigenvalue weighted by Gasteiger charge is 2.57. The Morgan fingerprint density at radius 3 is 2.58 bits per heavy atom. The van der Waals surface area contributed by atoms with Gasteiger partial charge in [-0.2, -0.15) is 13.2 Å². The third-order valence-electron chi connectivity index (χ3n) is 11.1. The van der Waals surface area contributed by atoms with E-state index in [-0.39, 0.29) is 41.2 Å². The van der Waals surface area contributed by atoms with Crippen LogP contribution in [0.2, 0.25) is 5.02 Å². The summed E-state index contributed by atoms with van der Waals surface area (Å²) in [5.41, 5.74) is -0.215. The Morgan fingerprint density at radius 2 is 1.87 bits per heavy atom. The Balaban J connectivity index is 1.58. The van der Waals surface area contributed by atoms with Crippen molar-refractivity contribution in [3.63, 3.8) is 0 Å². The lowest BCUT2D eigenvalue weighted by molar-refractivity contribution is -0.137. The zero-order valence-corrected chi connectivity index (χ0v) is 31.5. The normalized spacial score (nSPS) is 23.6. The second kappa shape index (κ2) is 16.8. The van der Waals surface area contributed by atoms with E-state index >= 15 is 0 Å². The molecule has 2 bridgehead atoms. The lowest BCUT2D eigenvalue weighted by Gasteiger charge is -2.46. The predicted molar refractivity (Wildman–Crippen MR) is 196 cm³/mol. The number of alkyl halides is 3. The second-order valence-electron chi connectivity index (χ2n) is 14.6. The molecule has 1 heterocycles. The SMILES string of the molecule is CCOC(=O)N(CCCOC)C[C@]1(O)CC[C@H]2c3ccc(cc3C(=O)c3ccc(-c4cc(C(F)(F)F)ccc4Cl)o3)C[C@@H](O)CCC(C)=CCC[C@@]21C. The Bertz CT molecular complexity index is 1810. The van der Waals surface area contributed by atoms with E-state index in [0.29, 0.717) is 75.6 Å². The number of aliphatic hydroxyl groups is 2. The summed E-state index contributed by atoms with van der Waals surface area (Å²) in [6.45, 7) is 6.75. The van der Waals surface area contributed by atoms with Crippen molar-refractivity contribution in [2.24, 2.45) is 5.41 Å². The smallest absolute Gasteiger partial charge is 0.416 e. The van der Waals surface area contributed by atoms with Crippen LogP contribution in [0.5, 0.6) is 0 Å². The first kappa shape index (κ1) is 40.5. The lowest BCUT2D eigenvalue weighted by Crippen LogP contribution is -2.54. The number of halogens is 4. The van der Waals surface area contributed by atoms with E-state index in [1.807, 2.05) is 26.0 Å². The maximum absolute atomic E-state index is 14.5. The molecule has 4 atom stereocenters. The number of ether oxygens (including phenoxy) is 2. The van der Waals surface area contributed by atoms with Crippen molar-refractivity contribution >= 4 is 23.5 Å². The summed E-state index contributed by atoms with van der Waals surface area (Å²) in [4.78, 5) is 29.2. The van der Waals surface area contributed by atoms with E-state index in [9.17, 15) is 33.0 Å². The molecule has 3 aliphatic carbocycles. The van der Waals surface area contributed by atoms with Gasteiger partial charge in [0, 0.05) is 36.8 Å². The molecule has 3 aromatic rings. The van der Waals surface area contributed by atoms with Gasteiger partial charge < -0.3 is 29.0 Å². The molecule has 0 spiro atoms. The Kier molecular flexibility index (Phi) is 12.8. The first-order valence-electron chi connectivity index (χ1n) is 18.2. The van der Waals surface area contributed by atoms with Crippen molar-refractivity contribution in [3.05, 3.63) is 93.2 Å². The molecule has 2 aromatic carbocycles. The van der Waals surface area contributed by atoms with Crippen LogP contribution in [0.1, 0.15) is 104 Å². The van der Waals surface area contributed by atoms with Crippen molar-refractivity contribution in [1.82, 2.24) is 4.90 Å². The molecule has 2 N–H and O–H groups in total. The van der Waals surface area contributed by atoms with Gasteiger partial charge in [-0.1, -0.05) is 42.3 Å². The maximum Gasteiger partial charge on any atom is 0.416 e. The van der Waals surface area contributed by atoms with E-state index in [2.05, 4.69) is 6.08 Å². The summed E-state index contributed by atoms with van der Waals surface area (Å²) in [7, 11) is 1.59.